The lowest BCUT2D eigenvalue weighted by molar-refractivity contribution is 0.111. The quantitative estimate of drug-likeness (QED) is 0.877. The number of piperazine rings is 1. The predicted octanol–water partition coefficient (Wildman–Crippen LogP) is 2.46. The Morgan fingerprint density at radius 2 is 1.63 bits per heavy atom. The van der Waals surface area contributed by atoms with Gasteiger partial charge >= 0.3 is 0 Å². The molecule has 0 saturated carbocycles. The van der Waals surface area contributed by atoms with E-state index in [1.54, 1.807) is 24.3 Å². The molecule has 0 aliphatic carbocycles. The Balaban J connectivity index is 1.83. The summed E-state index contributed by atoms with van der Waals surface area (Å²) in [7, 11) is -3.67. The molecule has 2 aliphatic rings. The van der Waals surface area contributed by atoms with E-state index in [0.29, 0.717) is 16.3 Å². The minimum atomic E-state index is -3.67. The van der Waals surface area contributed by atoms with Gasteiger partial charge in [-0.2, -0.15) is 0 Å². The van der Waals surface area contributed by atoms with Gasteiger partial charge in [0.15, 0.2) is 5.75 Å². The third-order valence-corrected chi connectivity index (χ3v) is 6.71. The monoisotopic (exact) mass is 387 g/mol. The smallest absolute Gasteiger partial charge is 0.264 e. The molecule has 1 saturated heterocycles. The first-order chi connectivity index (χ1) is 12.9. The Morgan fingerprint density at radius 1 is 0.963 bits per heavy atom. The molecule has 1 N–H and O–H groups in total. The van der Waals surface area contributed by atoms with Gasteiger partial charge in [-0.25, -0.2) is 8.42 Å². The van der Waals surface area contributed by atoms with Crippen LogP contribution in [0.1, 0.15) is 13.8 Å². The summed E-state index contributed by atoms with van der Waals surface area (Å²) in [6.07, 6.45) is 0. The zero-order valence-corrected chi connectivity index (χ0v) is 16.5. The van der Waals surface area contributed by atoms with E-state index in [0.717, 1.165) is 31.9 Å². The molecule has 2 aliphatic heterocycles. The van der Waals surface area contributed by atoms with Gasteiger partial charge < -0.3 is 15.0 Å². The Hall–Kier alpha value is -2.25. The second-order valence-electron chi connectivity index (χ2n) is 7.55. The number of nitrogens with zero attached hydrogens (tertiary/aromatic N) is 2. The number of para-hydroxylation sites is 1. The molecule has 0 radical (unpaired) electrons. The number of hydrogen-bond donors (Lipinski definition) is 1. The molecular weight excluding hydrogens is 362 g/mol. The van der Waals surface area contributed by atoms with Gasteiger partial charge in [0, 0.05) is 26.2 Å². The van der Waals surface area contributed by atoms with E-state index in [-0.39, 0.29) is 6.54 Å². The number of sulfonamides is 1. The van der Waals surface area contributed by atoms with Crippen molar-refractivity contribution in [2.75, 3.05) is 41.9 Å². The maximum atomic E-state index is 13.4. The molecule has 0 atom stereocenters. The molecule has 0 bridgehead atoms. The van der Waals surface area contributed by atoms with Crippen molar-refractivity contribution >= 4 is 21.4 Å². The molecular formula is C20H25N3O3S. The van der Waals surface area contributed by atoms with Gasteiger partial charge in [-0.3, -0.25) is 4.31 Å². The average molecular weight is 388 g/mol. The highest BCUT2D eigenvalue weighted by atomic mass is 32.2. The van der Waals surface area contributed by atoms with E-state index < -0.39 is 15.6 Å². The second-order valence-corrected chi connectivity index (χ2v) is 9.41. The van der Waals surface area contributed by atoms with Crippen molar-refractivity contribution < 1.29 is 13.2 Å². The Labute approximate surface area is 160 Å². The summed E-state index contributed by atoms with van der Waals surface area (Å²) in [6.45, 7) is 7.66. The van der Waals surface area contributed by atoms with Crippen molar-refractivity contribution in [2.24, 2.45) is 0 Å². The van der Waals surface area contributed by atoms with Crippen molar-refractivity contribution in [3.05, 3.63) is 48.5 Å². The van der Waals surface area contributed by atoms with Crippen molar-refractivity contribution in [2.45, 2.75) is 24.3 Å². The van der Waals surface area contributed by atoms with Gasteiger partial charge in [-0.15, -0.1) is 0 Å². The van der Waals surface area contributed by atoms with E-state index >= 15 is 0 Å². The lowest BCUT2D eigenvalue weighted by Crippen LogP contribution is -2.50. The summed E-state index contributed by atoms with van der Waals surface area (Å²) < 4.78 is 34.5. The highest BCUT2D eigenvalue weighted by Crippen LogP contribution is 2.45. The third-order valence-electron chi connectivity index (χ3n) is 4.93. The molecule has 144 valence electrons. The van der Waals surface area contributed by atoms with Crippen LogP contribution >= 0.6 is 0 Å². The molecule has 7 heteroatoms. The van der Waals surface area contributed by atoms with Crippen LogP contribution in [0.4, 0.5) is 11.4 Å². The summed E-state index contributed by atoms with van der Waals surface area (Å²) in [5, 5.41) is 3.35. The van der Waals surface area contributed by atoms with Crippen molar-refractivity contribution in [3.63, 3.8) is 0 Å². The fraction of sp³-hybridized carbons (Fsp3) is 0.400. The molecule has 1 fully saturated rings. The molecule has 2 heterocycles. The van der Waals surface area contributed by atoms with Crippen molar-refractivity contribution in [1.29, 1.82) is 0 Å². The van der Waals surface area contributed by atoms with Gasteiger partial charge in [0.1, 0.15) is 5.60 Å². The highest BCUT2D eigenvalue weighted by Gasteiger charge is 2.40. The lowest BCUT2D eigenvalue weighted by atomic mass is 10.1. The number of ether oxygens (including phenoxy) is 1. The summed E-state index contributed by atoms with van der Waals surface area (Å²) in [5.74, 6) is 0.648. The van der Waals surface area contributed by atoms with Gasteiger partial charge in [0.2, 0.25) is 0 Å². The number of anilines is 2. The lowest BCUT2D eigenvalue weighted by Gasteiger charge is -2.42. The van der Waals surface area contributed by atoms with Crippen LogP contribution in [0.5, 0.6) is 5.75 Å². The summed E-state index contributed by atoms with van der Waals surface area (Å²) in [6, 6.07) is 14.3. The van der Waals surface area contributed by atoms with Gasteiger partial charge in [-0.05, 0) is 38.1 Å². The van der Waals surface area contributed by atoms with E-state index in [1.807, 2.05) is 38.1 Å². The topological polar surface area (TPSA) is 61.9 Å². The molecule has 4 rings (SSSR count). The molecule has 6 nitrogen and oxygen atoms in total. The first-order valence-electron chi connectivity index (χ1n) is 9.24. The fourth-order valence-electron chi connectivity index (χ4n) is 3.64. The maximum Gasteiger partial charge on any atom is 0.264 e. The first-order valence-corrected chi connectivity index (χ1v) is 10.7. The summed E-state index contributed by atoms with van der Waals surface area (Å²) in [4.78, 5) is 2.55. The van der Waals surface area contributed by atoms with Gasteiger partial charge in [-0.1, -0.05) is 24.3 Å². The van der Waals surface area contributed by atoms with E-state index in [4.69, 9.17) is 4.74 Å². The molecule has 0 aromatic heterocycles. The van der Waals surface area contributed by atoms with Crippen LogP contribution < -0.4 is 19.3 Å². The molecule has 2 aromatic rings. The van der Waals surface area contributed by atoms with Crippen LogP contribution in [0.15, 0.2) is 53.4 Å². The Morgan fingerprint density at radius 3 is 2.33 bits per heavy atom. The van der Waals surface area contributed by atoms with Crippen LogP contribution in [-0.4, -0.2) is 46.7 Å². The van der Waals surface area contributed by atoms with Crippen LogP contribution in [-0.2, 0) is 10.0 Å². The summed E-state index contributed by atoms with van der Waals surface area (Å²) >= 11 is 0. The van der Waals surface area contributed by atoms with Gasteiger partial charge in [0.25, 0.3) is 10.0 Å². The van der Waals surface area contributed by atoms with Crippen molar-refractivity contribution in [3.8, 4) is 5.75 Å². The van der Waals surface area contributed by atoms with Crippen molar-refractivity contribution in [1.82, 2.24) is 5.32 Å². The molecule has 2 aromatic carbocycles. The number of nitrogens with one attached hydrogen (secondary N) is 1. The van der Waals surface area contributed by atoms with E-state index in [1.165, 1.54) is 4.31 Å². The largest absolute Gasteiger partial charge is 0.482 e. The Kier molecular flexibility index (Phi) is 4.52. The minimum Gasteiger partial charge on any atom is -0.482 e. The molecule has 0 unspecified atom stereocenters. The summed E-state index contributed by atoms with van der Waals surface area (Å²) in [5.41, 5.74) is 0.933. The second kappa shape index (κ2) is 6.73. The van der Waals surface area contributed by atoms with Crippen LogP contribution in [0.2, 0.25) is 0 Å². The van der Waals surface area contributed by atoms with Gasteiger partial charge in [0.05, 0.1) is 22.8 Å². The first kappa shape index (κ1) is 18.1. The zero-order chi connectivity index (χ0) is 19.1. The SMILES string of the molecule is CC1(C)CN(S(=O)(=O)c2ccccc2)c2cccc(N3CCNCC3)c2O1. The zero-order valence-electron chi connectivity index (χ0n) is 15.7. The van der Waals surface area contributed by atoms with E-state index in [2.05, 4.69) is 10.2 Å². The van der Waals surface area contributed by atoms with Crippen LogP contribution in [0, 0.1) is 0 Å². The fourth-order valence-corrected chi connectivity index (χ4v) is 5.28. The highest BCUT2D eigenvalue weighted by molar-refractivity contribution is 7.92. The maximum absolute atomic E-state index is 13.4. The van der Waals surface area contributed by atoms with Crippen LogP contribution in [0.25, 0.3) is 0 Å². The number of fused-ring (bicyclic) bond motifs is 1. The third kappa shape index (κ3) is 3.37. The Bertz CT molecular complexity index is 923. The van der Waals surface area contributed by atoms with E-state index in [9.17, 15) is 8.42 Å². The number of rotatable bonds is 3. The molecule has 0 spiro atoms. The average Bonchev–Trinajstić information content (AvgIpc) is 2.67. The van der Waals surface area contributed by atoms with Crippen LogP contribution in [0.3, 0.4) is 0 Å². The normalized spacial score (nSPS) is 19.3. The number of hydrogen-bond acceptors (Lipinski definition) is 5. The predicted molar refractivity (Wildman–Crippen MR) is 107 cm³/mol. The molecule has 27 heavy (non-hydrogen) atoms. The minimum absolute atomic E-state index is 0.266. The molecule has 0 amide bonds. The standard InChI is InChI=1S/C20H25N3O3S/c1-20(2)15-23(27(24,25)16-7-4-3-5-8-16)18-10-6-9-17(19(18)26-20)22-13-11-21-12-14-22/h3-10,21H,11-15H2,1-2H3. The number of benzene rings is 2.